The molecule has 4 aromatic rings. The maximum Gasteiger partial charge on any atom is 1.00 e. The number of hydrogen-bond acceptors (Lipinski definition) is 7. The van der Waals surface area contributed by atoms with Crippen LogP contribution in [0, 0.1) is 46.5 Å². The Labute approximate surface area is 545 Å². The first-order valence-corrected chi connectivity index (χ1v) is 31.3. The molecule has 1 atom stereocenters. The number of nitrogens with zero attached hydrogens (tertiary/aromatic N) is 3. The fraction of sp³-hybridized carbons (Fsp3) is 0.583. The first-order chi connectivity index (χ1) is 38.5. The van der Waals surface area contributed by atoms with E-state index in [0.717, 1.165) is 78.7 Å². The number of primary amides is 1. The van der Waals surface area contributed by atoms with E-state index in [4.69, 9.17) is 5.73 Å². The van der Waals surface area contributed by atoms with E-state index in [1.54, 1.807) is 43.9 Å². The first-order valence-electron chi connectivity index (χ1n) is 31.3. The number of allylic oxidation sites excluding steroid dienone is 3. The van der Waals surface area contributed by atoms with Crippen LogP contribution in [0.1, 0.15) is 256 Å². The number of ketones is 2. The van der Waals surface area contributed by atoms with E-state index in [9.17, 15) is 19.2 Å². The van der Waals surface area contributed by atoms with Gasteiger partial charge in [0.1, 0.15) is 5.78 Å². The van der Waals surface area contributed by atoms with Gasteiger partial charge in [0, 0.05) is 60.6 Å². The van der Waals surface area contributed by atoms with Crippen molar-refractivity contribution in [3.8, 4) is 5.69 Å². The molecule has 0 aliphatic heterocycles. The van der Waals surface area contributed by atoms with Crippen molar-refractivity contribution in [1.82, 2.24) is 14.5 Å². The molecule has 82 heavy (non-hydrogen) atoms. The maximum atomic E-state index is 12.4. The Kier molecular flexibility index (Phi) is 46.8. The molecule has 1 fully saturated rings. The van der Waals surface area contributed by atoms with Crippen molar-refractivity contribution in [2.24, 2.45) is 17.6 Å². The number of aromatic nitrogens is 2. The number of nitrogens with two attached hydrogens (primary N) is 1. The van der Waals surface area contributed by atoms with Gasteiger partial charge < -0.3 is 22.9 Å². The van der Waals surface area contributed by atoms with Crippen LogP contribution in [0.2, 0.25) is 0 Å². The Morgan fingerprint density at radius 1 is 0.805 bits per heavy atom. The van der Waals surface area contributed by atoms with Gasteiger partial charge in [0.15, 0.2) is 5.78 Å². The monoisotopic (exact) mass is 1160 g/mol. The molecule has 5 rings (SSSR count). The second-order valence-corrected chi connectivity index (χ2v) is 21.6. The number of carbonyl (C=O) groups excluding carboxylic acids is 3. The molecule has 0 saturated heterocycles. The summed E-state index contributed by atoms with van der Waals surface area (Å²) >= 11 is 0. The molecule has 456 valence electrons. The van der Waals surface area contributed by atoms with Crippen LogP contribution in [0.5, 0.6) is 0 Å². The quantitative estimate of drug-likeness (QED) is 0.0406. The van der Waals surface area contributed by atoms with E-state index >= 15 is 0 Å². The minimum atomic E-state index is -0.273. The number of carbonyl (C=O) groups is 3. The zero-order valence-corrected chi connectivity index (χ0v) is 59.9. The smallest absolute Gasteiger partial charge is 0.388 e. The molecule has 1 amide bonds. The van der Waals surface area contributed by atoms with Crippen LogP contribution < -0.4 is 68.0 Å². The third kappa shape index (κ3) is 29.4. The molecule has 3 N–H and O–H groups in total. The van der Waals surface area contributed by atoms with Gasteiger partial charge in [-0.2, -0.15) is 6.42 Å². The number of amides is 1. The molecule has 10 heteroatoms. The zero-order chi connectivity index (χ0) is 62.4. The summed E-state index contributed by atoms with van der Waals surface area (Å²) < 4.78 is 1.66. The third-order valence-corrected chi connectivity index (χ3v) is 14.8. The Bertz CT molecular complexity index is 2520. The second-order valence-electron chi connectivity index (χ2n) is 21.6. The predicted octanol–water partition coefficient (Wildman–Crippen LogP) is 15.8. The summed E-state index contributed by atoms with van der Waals surface area (Å²) in [5.74, 6) is 1.58. The van der Waals surface area contributed by atoms with Gasteiger partial charge in [-0.05, 0) is 201 Å². The van der Waals surface area contributed by atoms with Crippen LogP contribution in [0.3, 0.4) is 0 Å². The molecular weight excluding hydrogens is 1040 g/mol. The molecule has 2 aromatic heterocycles. The van der Waals surface area contributed by atoms with Crippen LogP contribution in [0.15, 0.2) is 77.4 Å². The molecule has 1 saturated carbocycles. The summed E-state index contributed by atoms with van der Waals surface area (Å²) in [6.07, 6.45) is 23.5. The normalized spacial score (nSPS) is 12.4. The number of benzene rings is 2. The average molecular weight is 1160 g/mol. The van der Waals surface area contributed by atoms with Crippen molar-refractivity contribution in [2.75, 3.05) is 25.5 Å². The van der Waals surface area contributed by atoms with Crippen molar-refractivity contribution in [2.45, 2.75) is 247 Å². The van der Waals surface area contributed by atoms with Crippen molar-refractivity contribution in [1.29, 1.82) is 0 Å². The summed E-state index contributed by atoms with van der Waals surface area (Å²) in [4.78, 5) is 52.4. The molecule has 1 aliphatic rings. The number of anilines is 1. The van der Waals surface area contributed by atoms with Gasteiger partial charge in [0.05, 0.1) is 11.1 Å². The van der Waals surface area contributed by atoms with Gasteiger partial charge in [-0.15, -0.1) is 0 Å². The van der Waals surface area contributed by atoms with E-state index in [-0.39, 0.29) is 74.0 Å². The third-order valence-electron chi connectivity index (χ3n) is 14.8. The van der Waals surface area contributed by atoms with Gasteiger partial charge in [-0.3, -0.25) is 28.7 Å². The average Bonchev–Trinajstić information content (AvgIpc) is 4.27. The molecular formula is C72H118KN5O4. The summed E-state index contributed by atoms with van der Waals surface area (Å²) in [7, 11) is 1.80. The van der Waals surface area contributed by atoms with E-state index in [1.165, 1.54) is 96.1 Å². The topological polar surface area (TPSA) is 127 Å². The molecule has 2 aromatic carbocycles. The largest absolute Gasteiger partial charge is 1.00 e. The zero-order valence-electron chi connectivity index (χ0n) is 56.7. The van der Waals surface area contributed by atoms with Gasteiger partial charge in [-0.1, -0.05) is 145 Å². The molecule has 1 unspecified atom stereocenters. The standard InChI is InChI=1S/C18H23N3O.C17H24O.C15H33N.C14H18O.C4H8NO.2C2H6.K/c1-12(2)13(3)10-16-14(4)20-8-6-17(16)21-9-7-15(19-5)11-18(21)22;1-6-8-15(9-7-2)17-12(3)10-16(14(5)18)11-13(17)4;1-6-10-15(11-7-2)13-16(12-8-3)14(5)9-4;1-4-12-6-5-10(2)13(9-12)14(7-8-14)11(3)15;1-2-3-4(5)6;2*1-2;/h6-12,19H,1-5H3;8,10-11H,6-7,9H2,1-5H3;14-15H,6-13H2,1-5H3;5-6,9H,4,7-8H2,1-3H3;1-3H2,(H2,5,6);2*1-2H3;/q;;;;-1;;;+1/b13-10+;15-8+;;;;;;. The first kappa shape index (κ1) is 82.4. The Hall–Kier alpha value is -3.77. The number of pyridine rings is 2. The summed E-state index contributed by atoms with van der Waals surface area (Å²) in [5, 5.41) is 2.98. The molecule has 0 radical (unpaired) electrons. The molecule has 0 bridgehead atoms. The summed E-state index contributed by atoms with van der Waals surface area (Å²) in [5.41, 5.74) is 19.3. The van der Waals surface area contributed by atoms with Crippen molar-refractivity contribution in [3.05, 3.63) is 140 Å². The maximum absolute atomic E-state index is 12.4. The van der Waals surface area contributed by atoms with Crippen LogP contribution in [-0.2, 0) is 21.4 Å². The van der Waals surface area contributed by atoms with E-state index < -0.39 is 0 Å². The van der Waals surface area contributed by atoms with Crippen molar-refractivity contribution >= 4 is 34.8 Å². The fourth-order valence-electron chi connectivity index (χ4n) is 9.73. The predicted molar refractivity (Wildman–Crippen MR) is 355 cm³/mol. The Balaban J connectivity index is -0.000000965. The van der Waals surface area contributed by atoms with Gasteiger partial charge in [-0.25, -0.2) is 0 Å². The van der Waals surface area contributed by atoms with Gasteiger partial charge in [0.2, 0.25) is 5.91 Å². The number of rotatable bonds is 24. The Morgan fingerprint density at radius 3 is 1.79 bits per heavy atom. The minimum absolute atomic E-state index is 0. The van der Waals surface area contributed by atoms with Crippen molar-refractivity contribution < 1.29 is 65.8 Å². The van der Waals surface area contributed by atoms with Crippen LogP contribution in [0.25, 0.3) is 17.3 Å². The van der Waals surface area contributed by atoms with E-state index in [1.807, 2.05) is 58.9 Å². The molecule has 2 heterocycles. The van der Waals surface area contributed by atoms with Crippen LogP contribution in [-0.4, -0.2) is 58.1 Å². The SMILES string of the molecule is CC.CC.CC/C=C(\CCC)c1c(C)cc(C(C)=O)cc1C.CCCC(CCC)CN(CCC)C(C)CC.CCc1ccc(C)c(C2(C(C)=O)CC2)c1.CNc1ccn(-c2ccnc(C)c2/C=C(\C)C(C)C)c(=O)c1.[CH2-]CCC(N)=O.[K+]. The number of Topliss-reactive ketones (excluding diaryl/α,β-unsaturated/α-hetero) is 2. The van der Waals surface area contributed by atoms with E-state index in [0.29, 0.717) is 24.5 Å². The number of hydrogen-bond donors (Lipinski definition) is 2. The van der Waals surface area contributed by atoms with Crippen LogP contribution >= 0.6 is 0 Å². The minimum Gasteiger partial charge on any atom is -0.388 e. The van der Waals surface area contributed by atoms with Crippen molar-refractivity contribution in [3.63, 3.8) is 0 Å². The molecule has 9 nitrogen and oxygen atoms in total. The molecule has 1 aliphatic carbocycles. The van der Waals surface area contributed by atoms with Gasteiger partial charge in [0.25, 0.3) is 5.56 Å². The summed E-state index contributed by atoms with van der Waals surface area (Å²) in [6, 6.07) is 16.7. The van der Waals surface area contributed by atoms with Crippen LogP contribution in [0.4, 0.5) is 5.69 Å². The number of aryl methyl sites for hydroxylation is 5. The van der Waals surface area contributed by atoms with E-state index in [2.05, 4.69) is 149 Å². The number of nitrogens with one attached hydrogen (secondary N) is 1. The molecule has 0 spiro atoms. The summed E-state index contributed by atoms with van der Waals surface area (Å²) in [6.45, 7) is 50.2. The Morgan fingerprint density at radius 2 is 1.39 bits per heavy atom. The van der Waals surface area contributed by atoms with Gasteiger partial charge >= 0.3 is 51.4 Å². The second kappa shape index (κ2) is 46.5. The fourth-order valence-corrected chi connectivity index (χ4v) is 9.73.